The number of hydrogen-bond acceptors (Lipinski definition) is 3. The van der Waals surface area contributed by atoms with Crippen molar-refractivity contribution in [3.63, 3.8) is 0 Å². The lowest BCUT2D eigenvalue weighted by Crippen LogP contribution is -2.12. The van der Waals surface area contributed by atoms with Crippen LogP contribution in [0.2, 0.25) is 0 Å². The fraction of sp³-hybridized carbons (Fsp3) is 0.158. The number of carbonyl (C=O) groups is 1. The van der Waals surface area contributed by atoms with Crippen molar-refractivity contribution in [2.45, 2.75) is 13.1 Å². The van der Waals surface area contributed by atoms with E-state index in [0.29, 0.717) is 16.8 Å². The van der Waals surface area contributed by atoms with Crippen molar-refractivity contribution in [3.05, 3.63) is 65.4 Å². The Bertz CT molecular complexity index is 991. The predicted octanol–water partition coefficient (Wildman–Crippen LogP) is 4.25. The van der Waals surface area contributed by atoms with E-state index in [9.17, 15) is 18.0 Å². The van der Waals surface area contributed by atoms with Gasteiger partial charge in [0, 0.05) is 29.5 Å². The van der Waals surface area contributed by atoms with Crippen LogP contribution in [0.5, 0.6) is 0 Å². The molecule has 0 atom stereocenters. The minimum absolute atomic E-state index is 0.230. The van der Waals surface area contributed by atoms with Gasteiger partial charge in [-0.05, 0) is 43.3 Å². The van der Waals surface area contributed by atoms with Gasteiger partial charge in [0.15, 0.2) is 5.69 Å². The Balaban J connectivity index is 1.85. The van der Waals surface area contributed by atoms with Crippen LogP contribution in [-0.4, -0.2) is 15.7 Å². The van der Waals surface area contributed by atoms with Crippen LogP contribution >= 0.6 is 0 Å². The van der Waals surface area contributed by atoms with Crippen LogP contribution in [0, 0.1) is 6.92 Å². The maximum atomic E-state index is 12.8. The van der Waals surface area contributed by atoms with Crippen LogP contribution in [0.1, 0.15) is 21.6 Å². The van der Waals surface area contributed by atoms with Crippen LogP contribution in [0.15, 0.2) is 48.5 Å². The number of halogens is 3. The van der Waals surface area contributed by atoms with Crippen molar-refractivity contribution in [2.75, 3.05) is 11.1 Å². The number of anilines is 2. The summed E-state index contributed by atoms with van der Waals surface area (Å²) < 4.78 is 39.6. The molecule has 0 fully saturated rings. The number of hydrogen-bond donors (Lipinski definition) is 2. The lowest BCUT2D eigenvalue weighted by Gasteiger charge is -2.10. The van der Waals surface area contributed by atoms with Gasteiger partial charge in [-0.15, -0.1) is 0 Å². The summed E-state index contributed by atoms with van der Waals surface area (Å²) in [6.45, 7) is 1.92. The third-order valence-corrected chi connectivity index (χ3v) is 4.07. The van der Waals surface area contributed by atoms with E-state index in [2.05, 4.69) is 10.4 Å². The Kier molecular flexibility index (Phi) is 4.65. The van der Waals surface area contributed by atoms with E-state index in [1.165, 1.54) is 13.1 Å². The topological polar surface area (TPSA) is 72.9 Å². The van der Waals surface area contributed by atoms with E-state index in [0.717, 1.165) is 16.3 Å². The number of nitrogens with one attached hydrogen (secondary N) is 1. The molecule has 0 saturated heterocycles. The number of nitrogens with zero attached hydrogens (tertiary/aromatic N) is 2. The van der Waals surface area contributed by atoms with Gasteiger partial charge in [-0.3, -0.25) is 9.48 Å². The van der Waals surface area contributed by atoms with Gasteiger partial charge in [0.05, 0.1) is 5.69 Å². The molecule has 27 heavy (non-hydrogen) atoms. The van der Waals surface area contributed by atoms with Crippen LogP contribution in [0.3, 0.4) is 0 Å². The molecule has 1 heterocycles. The molecule has 0 spiro atoms. The van der Waals surface area contributed by atoms with Crippen LogP contribution in [-0.2, 0) is 13.2 Å². The summed E-state index contributed by atoms with van der Waals surface area (Å²) in [6, 6.07) is 12.6. The van der Waals surface area contributed by atoms with Crippen LogP contribution < -0.4 is 11.1 Å². The number of aryl methyl sites for hydroxylation is 2. The Morgan fingerprint density at radius 2 is 1.78 bits per heavy atom. The second kappa shape index (κ2) is 6.79. The molecule has 0 radical (unpaired) electrons. The van der Waals surface area contributed by atoms with E-state index in [-0.39, 0.29) is 17.3 Å². The van der Waals surface area contributed by atoms with Crippen molar-refractivity contribution in [2.24, 2.45) is 7.05 Å². The average molecular weight is 374 g/mol. The molecule has 2 aromatic carbocycles. The van der Waals surface area contributed by atoms with Gasteiger partial charge >= 0.3 is 6.18 Å². The number of benzene rings is 2. The normalized spacial score (nSPS) is 11.4. The minimum Gasteiger partial charge on any atom is -0.398 e. The molecule has 8 heteroatoms. The fourth-order valence-electron chi connectivity index (χ4n) is 2.64. The molecule has 3 aromatic rings. The number of nitrogen functional groups attached to an aromatic ring is 1. The Labute approximate surface area is 153 Å². The van der Waals surface area contributed by atoms with Crippen LogP contribution in [0.25, 0.3) is 11.3 Å². The molecule has 3 rings (SSSR count). The number of aromatic nitrogens is 2. The molecular weight excluding hydrogens is 357 g/mol. The van der Waals surface area contributed by atoms with Crippen LogP contribution in [0.4, 0.5) is 24.5 Å². The molecule has 0 unspecified atom stereocenters. The zero-order valence-electron chi connectivity index (χ0n) is 14.6. The van der Waals surface area contributed by atoms with Crippen molar-refractivity contribution in [1.82, 2.24) is 9.78 Å². The number of amides is 1. The van der Waals surface area contributed by atoms with E-state index in [1.54, 1.807) is 24.3 Å². The maximum absolute atomic E-state index is 12.8. The number of nitrogens with two attached hydrogens (primary N) is 1. The molecule has 0 bridgehead atoms. The highest BCUT2D eigenvalue weighted by Gasteiger charge is 2.34. The third-order valence-electron chi connectivity index (χ3n) is 4.07. The lowest BCUT2D eigenvalue weighted by molar-refractivity contribution is -0.141. The quantitative estimate of drug-likeness (QED) is 0.673. The van der Waals surface area contributed by atoms with E-state index in [1.807, 2.05) is 19.1 Å². The first-order valence-corrected chi connectivity index (χ1v) is 8.04. The predicted molar refractivity (Wildman–Crippen MR) is 97.2 cm³/mol. The summed E-state index contributed by atoms with van der Waals surface area (Å²) in [5.74, 6) is -0.304. The highest BCUT2D eigenvalue weighted by Crippen LogP contribution is 2.34. The highest BCUT2D eigenvalue weighted by molar-refractivity contribution is 6.04. The Morgan fingerprint density at radius 3 is 2.33 bits per heavy atom. The summed E-state index contributed by atoms with van der Waals surface area (Å²) in [6.07, 6.45) is -4.53. The van der Waals surface area contributed by atoms with Gasteiger partial charge in [0.1, 0.15) is 0 Å². The zero-order valence-corrected chi connectivity index (χ0v) is 14.6. The summed E-state index contributed by atoms with van der Waals surface area (Å²) in [7, 11) is 1.41. The van der Waals surface area contributed by atoms with Crippen molar-refractivity contribution in [1.29, 1.82) is 0 Å². The molecule has 5 nitrogen and oxygen atoms in total. The first kappa shape index (κ1) is 18.5. The maximum Gasteiger partial charge on any atom is 0.435 e. The standard InChI is InChI=1S/C19H17F3N4O/c1-11-3-5-12(6-4-11)18(27)24-13-7-8-14(15(23)9-13)16-10-17(19(20,21)22)25-26(16)2/h3-10H,23H2,1-2H3,(H,24,27). The fourth-order valence-corrected chi connectivity index (χ4v) is 2.64. The van der Waals surface area contributed by atoms with E-state index >= 15 is 0 Å². The van der Waals surface area contributed by atoms with Gasteiger partial charge in [-0.1, -0.05) is 17.7 Å². The van der Waals surface area contributed by atoms with E-state index < -0.39 is 11.9 Å². The summed E-state index contributed by atoms with van der Waals surface area (Å²) in [5, 5.41) is 6.20. The Morgan fingerprint density at radius 1 is 1.11 bits per heavy atom. The van der Waals surface area contributed by atoms with Gasteiger partial charge in [0.2, 0.25) is 0 Å². The largest absolute Gasteiger partial charge is 0.435 e. The molecular formula is C19H17F3N4O. The third kappa shape index (κ3) is 3.94. The summed E-state index contributed by atoms with van der Waals surface area (Å²) in [5.41, 5.74) is 7.84. The molecule has 3 N–H and O–H groups in total. The first-order valence-electron chi connectivity index (χ1n) is 8.04. The molecule has 1 aromatic heterocycles. The second-order valence-corrected chi connectivity index (χ2v) is 6.16. The molecule has 0 aliphatic heterocycles. The van der Waals surface area contributed by atoms with E-state index in [4.69, 9.17) is 5.73 Å². The van der Waals surface area contributed by atoms with Gasteiger partial charge in [0.25, 0.3) is 5.91 Å². The molecule has 140 valence electrons. The van der Waals surface area contributed by atoms with Gasteiger partial charge < -0.3 is 11.1 Å². The van der Waals surface area contributed by atoms with Crippen molar-refractivity contribution >= 4 is 17.3 Å². The molecule has 0 saturated carbocycles. The average Bonchev–Trinajstić information content (AvgIpc) is 2.97. The monoisotopic (exact) mass is 374 g/mol. The highest BCUT2D eigenvalue weighted by atomic mass is 19.4. The first-order chi connectivity index (χ1) is 12.6. The molecule has 0 aliphatic carbocycles. The second-order valence-electron chi connectivity index (χ2n) is 6.16. The summed E-state index contributed by atoms with van der Waals surface area (Å²) in [4.78, 5) is 12.3. The number of alkyl halides is 3. The minimum atomic E-state index is -4.53. The smallest absolute Gasteiger partial charge is 0.398 e. The Hall–Kier alpha value is -3.29. The van der Waals surface area contributed by atoms with Gasteiger partial charge in [-0.2, -0.15) is 18.3 Å². The SMILES string of the molecule is Cc1ccc(C(=O)Nc2ccc(-c3cc(C(F)(F)F)nn3C)c(N)c2)cc1. The molecule has 1 amide bonds. The van der Waals surface area contributed by atoms with Crippen molar-refractivity contribution < 1.29 is 18.0 Å². The zero-order chi connectivity index (χ0) is 19.8. The van der Waals surface area contributed by atoms with Gasteiger partial charge in [-0.25, -0.2) is 0 Å². The van der Waals surface area contributed by atoms with Crippen molar-refractivity contribution in [3.8, 4) is 11.3 Å². The lowest BCUT2D eigenvalue weighted by atomic mass is 10.1. The number of carbonyl (C=O) groups excluding carboxylic acids is 1. The molecule has 0 aliphatic rings. The summed E-state index contributed by atoms with van der Waals surface area (Å²) >= 11 is 0. The number of rotatable bonds is 3.